The Morgan fingerprint density at radius 2 is 1.07 bits per heavy atom. The Labute approximate surface area is 350 Å². The second kappa shape index (κ2) is 16.6. The lowest BCUT2D eigenvalue weighted by Gasteiger charge is -2.39. The second-order valence-corrected chi connectivity index (χ2v) is 18.2. The largest absolute Gasteiger partial charge is 0.444 e. The standard InChI is InChI=1S/C26H35N5O2.C21H27N5/c1-18-12-13-31(18)24-27-22-7-5-6-21(22)23(28-24)19-8-10-20(11-9-19)29-14-16-30(17-15-29)25(32)33-26(2,3)4;1-15-9-12-26(15)21-23-19-4-2-3-18(19)20(24-21)16-5-7-17(8-6-16)25-13-10-22-11-14-25/h8-11,18H,5-7,12-17H2,1-4H3;5-8,15,22H,2-4,9-14H2,1H3/t18-;15-/m00/s1. The summed E-state index contributed by atoms with van der Waals surface area (Å²) in [5.74, 6) is 1.83. The van der Waals surface area contributed by atoms with Crippen LogP contribution in [0.1, 0.15) is 82.8 Å². The molecule has 4 aromatic rings. The summed E-state index contributed by atoms with van der Waals surface area (Å²) < 4.78 is 5.52. The maximum Gasteiger partial charge on any atom is 0.410 e. The van der Waals surface area contributed by atoms with E-state index in [0.29, 0.717) is 25.2 Å². The van der Waals surface area contributed by atoms with Crippen molar-refractivity contribution in [1.82, 2.24) is 30.2 Å². The van der Waals surface area contributed by atoms with Gasteiger partial charge in [0.25, 0.3) is 0 Å². The Hall–Kier alpha value is -4.97. The topological polar surface area (TPSA) is 106 Å². The van der Waals surface area contributed by atoms with Crippen LogP contribution in [0.15, 0.2) is 48.5 Å². The summed E-state index contributed by atoms with van der Waals surface area (Å²) >= 11 is 0. The number of piperazine rings is 2. The van der Waals surface area contributed by atoms with Crippen molar-refractivity contribution in [3.05, 3.63) is 71.0 Å². The smallest absolute Gasteiger partial charge is 0.410 e. The van der Waals surface area contributed by atoms with Gasteiger partial charge in [0.15, 0.2) is 0 Å². The van der Waals surface area contributed by atoms with Crippen molar-refractivity contribution in [3.8, 4) is 22.5 Å². The van der Waals surface area contributed by atoms with Gasteiger partial charge in [-0.2, -0.15) is 0 Å². The molecule has 12 heteroatoms. The summed E-state index contributed by atoms with van der Waals surface area (Å²) in [4.78, 5) is 43.5. The molecule has 4 aliphatic heterocycles. The maximum absolute atomic E-state index is 12.3. The van der Waals surface area contributed by atoms with E-state index < -0.39 is 5.60 Å². The van der Waals surface area contributed by atoms with Crippen LogP contribution < -0.4 is 24.9 Å². The quantitative estimate of drug-likeness (QED) is 0.220. The second-order valence-electron chi connectivity index (χ2n) is 18.2. The molecule has 0 saturated carbocycles. The normalized spacial score (nSPS) is 21.3. The average Bonchev–Trinajstić information content (AvgIpc) is 3.92. The van der Waals surface area contributed by atoms with Gasteiger partial charge in [-0.25, -0.2) is 24.7 Å². The summed E-state index contributed by atoms with van der Waals surface area (Å²) in [7, 11) is 0. The fraction of sp³-hybridized carbons (Fsp3) is 0.553. The highest BCUT2D eigenvalue weighted by Crippen LogP contribution is 2.36. The van der Waals surface area contributed by atoms with E-state index in [4.69, 9.17) is 24.7 Å². The highest BCUT2D eigenvalue weighted by molar-refractivity contribution is 5.71. The van der Waals surface area contributed by atoms with Crippen molar-refractivity contribution >= 4 is 29.4 Å². The molecule has 2 aliphatic carbocycles. The van der Waals surface area contributed by atoms with Crippen LogP contribution in [-0.2, 0) is 30.4 Å². The molecule has 2 aromatic heterocycles. The maximum atomic E-state index is 12.3. The number of amides is 1. The zero-order chi connectivity index (χ0) is 40.7. The SMILES string of the molecule is C[C@H]1CCN1c1nc2c(c(-c3ccc(N4CCN(C(=O)OC(C)(C)C)CC4)cc3)n1)CCC2.C[C@H]1CCN1c1nc2c(c(-c3ccc(N4CCNCC4)cc3)n1)CCC2. The van der Waals surface area contributed by atoms with Crippen LogP contribution in [0.25, 0.3) is 22.5 Å². The first-order valence-electron chi connectivity index (χ1n) is 22.3. The number of carbonyl (C=O) groups is 1. The predicted octanol–water partition coefficient (Wildman–Crippen LogP) is 6.93. The monoisotopic (exact) mass is 799 g/mol. The fourth-order valence-electron chi connectivity index (χ4n) is 9.26. The van der Waals surface area contributed by atoms with Crippen LogP contribution in [0.3, 0.4) is 0 Å². The van der Waals surface area contributed by atoms with Crippen molar-refractivity contribution in [2.45, 2.75) is 104 Å². The van der Waals surface area contributed by atoms with Gasteiger partial charge in [-0.15, -0.1) is 0 Å². The molecule has 0 spiro atoms. The van der Waals surface area contributed by atoms with E-state index in [0.717, 1.165) is 108 Å². The molecule has 1 N–H and O–H groups in total. The van der Waals surface area contributed by atoms with Crippen molar-refractivity contribution in [1.29, 1.82) is 0 Å². The zero-order valence-corrected chi connectivity index (χ0v) is 35.8. The number of nitrogens with zero attached hydrogens (tertiary/aromatic N) is 9. The minimum absolute atomic E-state index is 0.220. The summed E-state index contributed by atoms with van der Waals surface area (Å²) in [6, 6.07) is 18.9. The Morgan fingerprint density at radius 3 is 1.47 bits per heavy atom. The van der Waals surface area contributed by atoms with Gasteiger partial charge in [-0.3, -0.25) is 0 Å². The number of nitrogens with one attached hydrogen (secondary N) is 1. The molecule has 0 radical (unpaired) electrons. The van der Waals surface area contributed by atoms with Gasteiger partial charge in [0.05, 0.1) is 11.4 Å². The van der Waals surface area contributed by atoms with Crippen LogP contribution in [-0.4, -0.2) is 114 Å². The first-order chi connectivity index (χ1) is 28.6. The number of aromatic nitrogens is 4. The highest BCUT2D eigenvalue weighted by atomic mass is 16.6. The molecular weight excluding hydrogens is 737 g/mol. The van der Waals surface area contributed by atoms with Gasteiger partial charge in [-0.1, -0.05) is 24.3 Å². The molecule has 1 amide bonds. The number of benzene rings is 2. The van der Waals surface area contributed by atoms with E-state index in [1.165, 1.54) is 64.3 Å². The van der Waals surface area contributed by atoms with E-state index in [2.05, 4.69) is 87.3 Å². The minimum Gasteiger partial charge on any atom is -0.444 e. The number of anilines is 4. The third-order valence-electron chi connectivity index (χ3n) is 13.1. The summed E-state index contributed by atoms with van der Waals surface area (Å²) in [6.45, 7) is 19.6. The Balaban J connectivity index is 0.000000156. The highest BCUT2D eigenvalue weighted by Gasteiger charge is 2.31. The number of ether oxygens (including phenoxy) is 1. The molecule has 10 rings (SSSR count). The molecule has 2 atom stereocenters. The molecule has 12 nitrogen and oxygen atoms in total. The van der Waals surface area contributed by atoms with Crippen molar-refractivity contribution in [2.24, 2.45) is 0 Å². The van der Waals surface area contributed by atoms with E-state index in [1.807, 2.05) is 20.8 Å². The van der Waals surface area contributed by atoms with Gasteiger partial charge in [0.2, 0.25) is 11.9 Å². The molecule has 4 fully saturated rings. The van der Waals surface area contributed by atoms with Gasteiger partial charge in [-0.05, 0) is 110 Å². The molecular formula is C47H62N10O2. The number of carbonyl (C=O) groups excluding carboxylic acids is 1. The molecule has 312 valence electrons. The predicted molar refractivity (Wildman–Crippen MR) is 237 cm³/mol. The Kier molecular flexibility index (Phi) is 11.1. The third kappa shape index (κ3) is 8.42. The summed E-state index contributed by atoms with van der Waals surface area (Å²) in [6.07, 6.45) is 8.93. The van der Waals surface area contributed by atoms with E-state index in [9.17, 15) is 4.79 Å². The number of rotatable bonds is 6. The molecule has 2 aromatic carbocycles. The number of fused-ring (bicyclic) bond motifs is 2. The summed E-state index contributed by atoms with van der Waals surface area (Å²) in [5.41, 5.74) is 11.9. The van der Waals surface area contributed by atoms with Gasteiger partial charge in [0.1, 0.15) is 5.60 Å². The zero-order valence-electron chi connectivity index (χ0n) is 35.8. The molecule has 0 unspecified atom stereocenters. The van der Waals surface area contributed by atoms with Crippen molar-refractivity contribution in [3.63, 3.8) is 0 Å². The van der Waals surface area contributed by atoms with Crippen LogP contribution in [0.4, 0.5) is 28.1 Å². The number of hydrogen-bond acceptors (Lipinski definition) is 11. The average molecular weight is 799 g/mol. The third-order valence-corrected chi connectivity index (χ3v) is 13.1. The van der Waals surface area contributed by atoms with E-state index in [-0.39, 0.29) is 6.09 Å². The number of hydrogen-bond donors (Lipinski definition) is 1. The Morgan fingerprint density at radius 1 is 0.610 bits per heavy atom. The van der Waals surface area contributed by atoms with Gasteiger partial charge >= 0.3 is 6.09 Å². The summed E-state index contributed by atoms with van der Waals surface area (Å²) in [5, 5.41) is 3.42. The van der Waals surface area contributed by atoms with E-state index in [1.54, 1.807) is 4.90 Å². The molecule has 59 heavy (non-hydrogen) atoms. The minimum atomic E-state index is -0.460. The fourth-order valence-corrected chi connectivity index (χ4v) is 9.26. The van der Waals surface area contributed by atoms with E-state index >= 15 is 0 Å². The van der Waals surface area contributed by atoms with Gasteiger partial charge in [0, 0.05) is 123 Å². The van der Waals surface area contributed by atoms with Crippen LogP contribution in [0, 0.1) is 0 Å². The molecule has 6 aliphatic rings. The molecule has 6 heterocycles. The lowest BCUT2D eigenvalue weighted by Crippen LogP contribution is -2.50. The first kappa shape index (κ1) is 39.5. The molecule has 4 saturated heterocycles. The lowest BCUT2D eigenvalue weighted by molar-refractivity contribution is 0.0240. The van der Waals surface area contributed by atoms with Crippen molar-refractivity contribution in [2.75, 3.05) is 85.0 Å². The van der Waals surface area contributed by atoms with Crippen molar-refractivity contribution < 1.29 is 9.53 Å². The number of aryl methyl sites for hydroxylation is 2. The van der Waals surface area contributed by atoms with Crippen LogP contribution in [0.2, 0.25) is 0 Å². The lowest BCUT2D eigenvalue weighted by atomic mass is 10.0. The molecule has 0 bridgehead atoms. The van der Waals surface area contributed by atoms with Crippen LogP contribution >= 0.6 is 0 Å². The Bertz CT molecular complexity index is 2120. The first-order valence-corrected chi connectivity index (χ1v) is 22.3. The van der Waals surface area contributed by atoms with Gasteiger partial charge < -0.3 is 34.6 Å². The van der Waals surface area contributed by atoms with Crippen LogP contribution in [0.5, 0.6) is 0 Å².